The van der Waals surface area contributed by atoms with Gasteiger partial charge in [0.1, 0.15) is 5.75 Å². The molecular formula is C21H16BrN3O2S. The molecule has 0 fully saturated rings. The van der Waals surface area contributed by atoms with E-state index in [0.29, 0.717) is 17.4 Å². The molecule has 0 aliphatic rings. The Balaban J connectivity index is 1.61. The van der Waals surface area contributed by atoms with Crippen LogP contribution in [0.25, 0.3) is 10.2 Å². The first-order valence-electron chi connectivity index (χ1n) is 8.62. The van der Waals surface area contributed by atoms with E-state index in [2.05, 4.69) is 25.9 Å². The monoisotopic (exact) mass is 453 g/mol. The quantitative estimate of drug-likeness (QED) is 0.409. The van der Waals surface area contributed by atoms with Crippen LogP contribution in [0.5, 0.6) is 5.75 Å². The van der Waals surface area contributed by atoms with Gasteiger partial charge in [0.05, 0.1) is 16.8 Å². The van der Waals surface area contributed by atoms with Gasteiger partial charge < -0.3 is 4.74 Å². The smallest absolute Gasteiger partial charge is 0.267 e. The highest BCUT2D eigenvalue weighted by atomic mass is 79.9. The summed E-state index contributed by atoms with van der Waals surface area (Å²) in [7, 11) is 0. The summed E-state index contributed by atoms with van der Waals surface area (Å²) in [6.07, 6.45) is 3.46. The zero-order chi connectivity index (χ0) is 19.3. The van der Waals surface area contributed by atoms with Crippen molar-refractivity contribution in [2.75, 3.05) is 11.5 Å². The van der Waals surface area contributed by atoms with E-state index in [1.807, 2.05) is 60.7 Å². The summed E-state index contributed by atoms with van der Waals surface area (Å²) in [5.41, 5.74) is 1.78. The molecule has 0 N–H and O–H groups in total. The SMILES string of the molecule is O=C(COc1ccccc1)N(Cc1cccnc1)c1nc2ccc(Br)cc2s1. The zero-order valence-electron chi connectivity index (χ0n) is 14.8. The van der Waals surface area contributed by atoms with Crippen LogP contribution in [0.3, 0.4) is 0 Å². The Morgan fingerprint density at radius 3 is 2.75 bits per heavy atom. The number of carbonyl (C=O) groups excluding carboxylic acids is 1. The number of rotatable bonds is 6. The number of hydrogen-bond acceptors (Lipinski definition) is 5. The standard InChI is InChI=1S/C21H16BrN3O2S/c22-16-8-9-18-19(11-16)28-21(24-18)25(13-15-5-4-10-23-12-15)20(26)14-27-17-6-2-1-3-7-17/h1-12H,13-14H2. The van der Waals surface area contributed by atoms with Crippen LogP contribution in [0.15, 0.2) is 77.5 Å². The molecule has 2 aromatic carbocycles. The van der Waals surface area contributed by atoms with E-state index in [0.717, 1.165) is 20.3 Å². The lowest BCUT2D eigenvalue weighted by Gasteiger charge is -2.20. The minimum atomic E-state index is -0.161. The number of anilines is 1. The number of pyridine rings is 1. The molecule has 0 saturated heterocycles. The summed E-state index contributed by atoms with van der Waals surface area (Å²) in [5, 5.41) is 0.638. The molecule has 4 aromatic rings. The highest BCUT2D eigenvalue weighted by Crippen LogP contribution is 2.31. The van der Waals surface area contributed by atoms with Gasteiger partial charge in [0.25, 0.3) is 5.91 Å². The number of carbonyl (C=O) groups is 1. The van der Waals surface area contributed by atoms with E-state index in [-0.39, 0.29) is 12.5 Å². The number of aromatic nitrogens is 2. The molecule has 0 radical (unpaired) electrons. The molecule has 140 valence electrons. The molecule has 2 aromatic heterocycles. The molecule has 0 saturated carbocycles. The lowest BCUT2D eigenvalue weighted by atomic mass is 10.2. The maximum absolute atomic E-state index is 13.0. The summed E-state index contributed by atoms with van der Waals surface area (Å²) in [6, 6.07) is 19.0. The molecule has 0 aliphatic carbocycles. The molecule has 0 bridgehead atoms. The largest absolute Gasteiger partial charge is 0.484 e. The van der Waals surface area contributed by atoms with Gasteiger partial charge in [-0.05, 0) is 42.0 Å². The molecular weight excluding hydrogens is 438 g/mol. The molecule has 1 amide bonds. The Morgan fingerprint density at radius 1 is 1.11 bits per heavy atom. The van der Waals surface area contributed by atoms with Crippen molar-refractivity contribution in [1.29, 1.82) is 0 Å². The van der Waals surface area contributed by atoms with E-state index < -0.39 is 0 Å². The second-order valence-corrected chi connectivity index (χ2v) is 7.98. The first-order valence-corrected chi connectivity index (χ1v) is 10.2. The van der Waals surface area contributed by atoms with Gasteiger partial charge in [-0.2, -0.15) is 0 Å². The van der Waals surface area contributed by atoms with Gasteiger partial charge in [0.15, 0.2) is 11.7 Å². The highest BCUT2D eigenvalue weighted by Gasteiger charge is 2.21. The van der Waals surface area contributed by atoms with Crippen LogP contribution in [0.4, 0.5) is 5.13 Å². The Kier molecular flexibility index (Phi) is 5.64. The first kappa shape index (κ1) is 18.6. The second-order valence-electron chi connectivity index (χ2n) is 6.05. The third-order valence-corrected chi connectivity index (χ3v) is 5.57. The normalized spacial score (nSPS) is 10.8. The number of amides is 1. The molecule has 28 heavy (non-hydrogen) atoms. The number of hydrogen-bond donors (Lipinski definition) is 0. The van der Waals surface area contributed by atoms with Crippen LogP contribution in [-0.4, -0.2) is 22.5 Å². The number of benzene rings is 2. The Hall–Kier alpha value is -2.77. The van der Waals surface area contributed by atoms with Gasteiger partial charge >= 0.3 is 0 Å². The molecule has 7 heteroatoms. The van der Waals surface area contributed by atoms with E-state index in [1.165, 1.54) is 11.3 Å². The fourth-order valence-corrected chi connectivity index (χ4v) is 4.21. The van der Waals surface area contributed by atoms with E-state index >= 15 is 0 Å². The summed E-state index contributed by atoms with van der Waals surface area (Å²) in [4.78, 5) is 23.5. The minimum absolute atomic E-state index is 0.0656. The number of nitrogens with zero attached hydrogens (tertiary/aromatic N) is 3. The van der Waals surface area contributed by atoms with E-state index in [9.17, 15) is 4.79 Å². The van der Waals surface area contributed by atoms with Crippen molar-refractivity contribution in [1.82, 2.24) is 9.97 Å². The third-order valence-electron chi connectivity index (χ3n) is 4.04. The van der Waals surface area contributed by atoms with Crippen molar-refractivity contribution in [2.45, 2.75) is 6.54 Å². The minimum Gasteiger partial charge on any atom is -0.484 e. The molecule has 0 spiro atoms. The van der Waals surface area contributed by atoms with E-state index in [4.69, 9.17) is 4.74 Å². The average molecular weight is 454 g/mol. The summed E-state index contributed by atoms with van der Waals surface area (Å²) < 4.78 is 7.65. The van der Waals surface area contributed by atoms with Gasteiger partial charge in [0, 0.05) is 16.9 Å². The first-order chi connectivity index (χ1) is 13.7. The fraction of sp³-hybridized carbons (Fsp3) is 0.0952. The molecule has 0 unspecified atom stereocenters. The number of para-hydroxylation sites is 1. The van der Waals surface area contributed by atoms with Gasteiger partial charge in [-0.1, -0.05) is 51.5 Å². The van der Waals surface area contributed by atoms with Gasteiger partial charge in [0.2, 0.25) is 0 Å². The summed E-state index contributed by atoms with van der Waals surface area (Å²) in [5.74, 6) is 0.497. The van der Waals surface area contributed by atoms with Crippen LogP contribution in [0.2, 0.25) is 0 Å². The number of halogens is 1. The highest BCUT2D eigenvalue weighted by molar-refractivity contribution is 9.10. The van der Waals surface area contributed by atoms with Crippen molar-refractivity contribution >= 4 is 48.5 Å². The lowest BCUT2D eigenvalue weighted by molar-refractivity contribution is -0.120. The third kappa shape index (κ3) is 4.37. The topological polar surface area (TPSA) is 55.3 Å². The van der Waals surface area contributed by atoms with E-state index in [1.54, 1.807) is 17.3 Å². The Bertz CT molecular complexity index is 1090. The lowest BCUT2D eigenvalue weighted by Crippen LogP contribution is -2.34. The molecule has 2 heterocycles. The maximum Gasteiger partial charge on any atom is 0.267 e. The molecule has 0 aliphatic heterocycles. The van der Waals surface area contributed by atoms with Crippen LogP contribution in [0, 0.1) is 0 Å². The van der Waals surface area contributed by atoms with Crippen molar-refractivity contribution in [3.8, 4) is 5.75 Å². The number of fused-ring (bicyclic) bond motifs is 1. The predicted octanol–water partition coefficient (Wildman–Crippen LogP) is 5.07. The van der Waals surface area contributed by atoms with Crippen molar-refractivity contribution in [2.24, 2.45) is 0 Å². The Labute approximate surface area is 174 Å². The van der Waals surface area contributed by atoms with Crippen molar-refractivity contribution < 1.29 is 9.53 Å². The van der Waals surface area contributed by atoms with Gasteiger partial charge in [-0.25, -0.2) is 4.98 Å². The molecule has 4 rings (SSSR count). The van der Waals surface area contributed by atoms with Crippen LogP contribution < -0.4 is 9.64 Å². The summed E-state index contributed by atoms with van der Waals surface area (Å²) >= 11 is 4.96. The zero-order valence-corrected chi connectivity index (χ0v) is 17.2. The van der Waals surface area contributed by atoms with Crippen LogP contribution in [-0.2, 0) is 11.3 Å². The summed E-state index contributed by atoms with van der Waals surface area (Å²) in [6.45, 7) is 0.315. The number of ether oxygens (including phenoxy) is 1. The fourth-order valence-electron chi connectivity index (χ4n) is 2.68. The van der Waals surface area contributed by atoms with Gasteiger partial charge in [-0.3, -0.25) is 14.7 Å². The van der Waals surface area contributed by atoms with Crippen LogP contribution >= 0.6 is 27.3 Å². The van der Waals surface area contributed by atoms with Crippen molar-refractivity contribution in [3.63, 3.8) is 0 Å². The van der Waals surface area contributed by atoms with Crippen molar-refractivity contribution in [3.05, 3.63) is 83.1 Å². The second kappa shape index (κ2) is 8.50. The molecule has 0 atom stereocenters. The maximum atomic E-state index is 13.0. The average Bonchev–Trinajstić information content (AvgIpc) is 3.14. The van der Waals surface area contributed by atoms with Crippen LogP contribution in [0.1, 0.15) is 5.56 Å². The number of thiazole rings is 1. The Morgan fingerprint density at radius 2 is 1.96 bits per heavy atom. The van der Waals surface area contributed by atoms with Gasteiger partial charge in [-0.15, -0.1) is 0 Å². The molecule has 5 nitrogen and oxygen atoms in total. The predicted molar refractivity (Wildman–Crippen MR) is 115 cm³/mol.